The third-order valence-electron chi connectivity index (χ3n) is 5.64. The minimum atomic E-state index is -1.29. The molecule has 216 valence electrons. The molecule has 19 heteroatoms. The number of nitrogens with two attached hydrogens (primary N) is 3. The van der Waals surface area contributed by atoms with E-state index >= 15 is 0 Å². The predicted molar refractivity (Wildman–Crippen MR) is 163 cm³/mol. The molecule has 4 rings (SSSR count). The number of thiazole rings is 1. The number of fused-ring (bicyclic) bond motifs is 1. The Hall–Kier alpha value is -3.39. The first-order valence-electron chi connectivity index (χ1n) is 11.4. The van der Waals surface area contributed by atoms with Crippen molar-refractivity contribution in [3.05, 3.63) is 51.0 Å². The van der Waals surface area contributed by atoms with Gasteiger partial charge in [0, 0.05) is 32.4 Å². The summed E-state index contributed by atoms with van der Waals surface area (Å²) >= 11 is 5.82. The van der Waals surface area contributed by atoms with Crippen LogP contribution in [0.4, 0.5) is 5.13 Å². The summed E-state index contributed by atoms with van der Waals surface area (Å²) in [4.78, 5) is 44.4. The highest BCUT2D eigenvalue weighted by molar-refractivity contribution is 8.13. The highest BCUT2D eigenvalue weighted by Gasteiger charge is 2.54. The number of carbonyl (C=O) groups is 3. The molecule has 41 heavy (non-hydrogen) atoms. The number of hydrogen-bond acceptors (Lipinski definition) is 14. The Balaban J connectivity index is 1.55. The molecule has 14 nitrogen and oxygen atoms in total. The van der Waals surface area contributed by atoms with Crippen molar-refractivity contribution in [3.63, 3.8) is 0 Å². The molecule has 1 aromatic heterocycles. The molecule has 0 unspecified atom stereocenters. The number of aliphatic carboxylic acids is 1. The van der Waals surface area contributed by atoms with Crippen molar-refractivity contribution >= 4 is 97.3 Å². The molecule has 0 bridgehead atoms. The number of amides is 2. The van der Waals surface area contributed by atoms with E-state index in [-0.39, 0.29) is 32.6 Å². The van der Waals surface area contributed by atoms with Gasteiger partial charge in [0.2, 0.25) is 0 Å². The van der Waals surface area contributed by atoms with E-state index in [0.717, 1.165) is 44.0 Å². The summed E-state index contributed by atoms with van der Waals surface area (Å²) in [6, 6.07) is 4.52. The molecule has 3 heterocycles. The SMILES string of the molecule is N=C(N)SCc1ccc(SC2=C(C(=O)O)N3C(=O)[C@@H](NC(=O)/C(=N/O)c4csc(N)n4)[C@H]3SC2)c(CSC(=N)N)c1. The van der Waals surface area contributed by atoms with Crippen LogP contribution in [0.1, 0.15) is 16.8 Å². The van der Waals surface area contributed by atoms with E-state index in [4.69, 9.17) is 28.0 Å². The number of nitrogens with zero attached hydrogens (tertiary/aromatic N) is 3. The van der Waals surface area contributed by atoms with Gasteiger partial charge in [0.05, 0.1) is 0 Å². The molecule has 1 fully saturated rings. The summed E-state index contributed by atoms with van der Waals surface area (Å²) in [6.45, 7) is 0. The van der Waals surface area contributed by atoms with Crippen LogP contribution in [0.25, 0.3) is 0 Å². The highest BCUT2D eigenvalue weighted by Crippen LogP contribution is 2.46. The Bertz CT molecular complexity index is 1490. The van der Waals surface area contributed by atoms with Gasteiger partial charge in [-0.3, -0.25) is 25.3 Å². The van der Waals surface area contributed by atoms with Crippen LogP contribution >= 0.6 is 58.4 Å². The van der Waals surface area contributed by atoms with Crippen LogP contribution in [0.3, 0.4) is 0 Å². The number of hydrogen-bond donors (Lipinski definition) is 8. The Labute approximate surface area is 254 Å². The number of carboxylic acids is 1. The van der Waals surface area contributed by atoms with Crippen molar-refractivity contribution in [3.8, 4) is 0 Å². The largest absolute Gasteiger partial charge is 0.477 e. The summed E-state index contributed by atoms with van der Waals surface area (Å²) in [5.41, 5.74) is 17.7. The van der Waals surface area contributed by atoms with Gasteiger partial charge in [0.15, 0.2) is 21.2 Å². The number of nitrogens with one attached hydrogen (secondary N) is 3. The molecule has 1 saturated heterocycles. The first-order valence-corrected chi connectivity index (χ1v) is 16.1. The van der Waals surface area contributed by atoms with E-state index in [9.17, 15) is 24.7 Å². The van der Waals surface area contributed by atoms with Crippen LogP contribution in [0.5, 0.6) is 0 Å². The first kappa shape index (κ1) is 30.6. The van der Waals surface area contributed by atoms with E-state index in [1.165, 1.54) is 40.7 Å². The quantitative estimate of drug-likeness (QED) is 0.0597. The number of anilines is 1. The molecule has 2 amide bonds. The lowest BCUT2D eigenvalue weighted by Gasteiger charge is -2.49. The topological polar surface area (TPSA) is 258 Å². The van der Waals surface area contributed by atoms with Crippen molar-refractivity contribution < 1.29 is 24.7 Å². The Morgan fingerprint density at radius 2 is 1.93 bits per heavy atom. The number of aromatic nitrogens is 1. The standard InChI is InChI=1S/C22H23N9O5S5/c23-20(24)38-4-8-1-2-11(9(3-8)5-39-21(25)26)41-12-7-37-18-14(17(33)31(18)15(12)19(34)35)29-16(32)13(30-36)10-6-40-22(27)28-10/h1-3,6,14,18,36H,4-5,7H2,(H3,23,24)(H3,25,26)(H2,27,28)(H,29,32)(H,34,35)/b30-13+/t14-,18-/m1/s1. The molecule has 0 spiro atoms. The van der Waals surface area contributed by atoms with E-state index in [1.54, 1.807) is 0 Å². The molecule has 0 saturated carbocycles. The van der Waals surface area contributed by atoms with Gasteiger partial charge in [-0.05, 0) is 17.2 Å². The number of thioether (sulfide) groups is 4. The summed E-state index contributed by atoms with van der Waals surface area (Å²) < 4.78 is 0. The van der Waals surface area contributed by atoms with Crippen LogP contribution in [0.15, 0.2) is 44.2 Å². The summed E-state index contributed by atoms with van der Waals surface area (Å²) in [7, 11) is 0. The minimum Gasteiger partial charge on any atom is -0.477 e. The Kier molecular flexibility index (Phi) is 9.74. The van der Waals surface area contributed by atoms with Crippen LogP contribution in [-0.2, 0) is 25.9 Å². The van der Waals surface area contributed by atoms with E-state index in [0.29, 0.717) is 16.4 Å². The number of carboxylic acid groups (broad SMARTS) is 1. The second-order valence-corrected chi connectivity index (χ2v) is 13.5. The number of nitrogen functional groups attached to an aromatic ring is 1. The third-order valence-corrected chi connectivity index (χ3v) is 10.5. The normalized spacial score (nSPS) is 18.5. The summed E-state index contributed by atoms with van der Waals surface area (Å²) in [5.74, 6) is -1.69. The maximum Gasteiger partial charge on any atom is 0.353 e. The van der Waals surface area contributed by atoms with Crippen LogP contribution in [0.2, 0.25) is 0 Å². The zero-order valence-corrected chi connectivity index (χ0v) is 24.9. The van der Waals surface area contributed by atoms with Gasteiger partial charge in [0.1, 0.15) is 22.8 Å². The van der Waals surface area contributed by atoms with Crippen LogP contribution in [0, 0.1) is 10.8 Å². The van der Waals surface area contributed by atoms with Gasteiger partial charge in [-0.25, -0.2) is 9.78 Å². The van der Waals surface area contributed by atoms with Gasteiger partial charge in [-0.15, -0.1) is 23.1 Å². The van der Waals surface area contributed by atoms with E-state index < -0.39 is 34.9 Å². The zero-order chi connectivity index (χ0) is 29.8. The second kappa shape index (κ2) is 13.1. The van der Waals surface area contributed by atoms with Gasteiger partial charge in [-0.2, -0.15) is 0 Å². The molecule has 1 aromatic carbocycles. The van der Waals surface area contributed by atoms with Crippen molar-refractivity contribution in [1.82, 2.24) is 15.2 Å². The van der Waals surface area contributed by atoms with E-state index in [2.05, 4.69) is 15.5 Å². The molecule has 2 aliphatic heterocycles. The number of rotatable bonds is 10. The summed E-state index contributed by atoms with van der Waals surface area (Å²) in [6.07, 6.45) is 0. The maximum atomic E-state index is 13.1. The lowest BCUT2D eigenvalue weighted by Crippen LogP contribution is -2.71. The average molecular weight is 654 g/mol. The van der Waals surface area contributed by atoms with Crippen LogP contribution in [-0.4, -0.2) is 71.2 Å². The fourth-order valence-corrected chi connectivity index (χ4v) is 8.14. The van der Waals surface area contributed by atoms with Gasteiger partial charge < -0.3 is 32.8 Å². The van der Waals surface area contributed by atoms with Crippen molar-refractivity contribution in [2.45, 2.75) is 27.8 Å². The lowest BCUT2D eigenvalue weighted by molar-refractivity contribution is -0.150. The second-order valence-electron chi connectivity index (χ2n) is 8.31. The van der Waals surface area contributed by atoms with Crippen molar-refractivity contribution in [2.75, 3.05) is 11.5 Å². The average Bonchev–Trinajstić information content (AvgIpc) is 3.35. The fourth-order valence-electron chi connectivity index (χ4n) is 3.87. The molecule has 2 atom stereocenters. The third kappa shape index (κ3) is 6.92. The molecule has 0 radical (unpaired) electrons. The van der Waals surface area contributed by atoms with E-state index in [1.807, 2.05) is 18.2 Å². The smallest absolute Gasteiger partial charge is 0.353 e. The van der Waals surface area contributed by atoms with Crippen LogP contribution < -0.4 is 22.5 Å². The molecule has 2 aliphatic rings. The number of benzene rings is 1. The Morgan fingerprint density at radius 1 is 1.22 bits per heavy atom. The molecular weight excluding hydrogens is 631 g/mol. The van der Waals surface area contributed by atoms with Crippen molar-refractivity contribution in [1.29, 1.82) is 10.8 Å². The zero-order valence-electron chi connectivity index (χ0n) is 20.8. The number of β-lactam (4-membered cyclic amide) rings is 1. The van der Waals surface area contributed by atoms with Gasteiger partial charge >= 0.3 is 5.97 Å². The van der Waals surface area contributed by atoms with Gasteiger partial charge in [0.25, 0.3) is 11.8 Å². The number of carbonyl (C=O) groups excluding carboxylic acids is 2. The number of amidine groups is 2. The maximum absolute atomic E-state index is 13.1. The van der Waals surface area contributed by atoms with Crippen molar-refractivity contribution in [2.24, 2.45) is 16.6 Å². The molecule has 11 N–H and O–H groups in total. The predicted octanol–water partition coefficient (Wildman–Crippen LogP) is 1.65. The molecule has 2 aromatic rings. The fraction of sp³-hybridized carbons (Fsp3) is 0.227. The van der Waals surface area contributed by atoms with Gasteiger partial charge in [-0.1, -0.05) is 52.6 Å². The Morgan fingerprint density at radius 3 is 2.54 bits per heavy atom. The minimum absolute atomic E-state index is 0.0189. The first-order chi connectivity index (χ1) is 19.5. The lowest BCUT2D eigenvalue weighted by atomic mass is 10.0. The number of oxime groups is 1. The molecular formula is C22H23N9O5S5. The molecule has 0 aliphatic carbocycles. The summed E-state index contributed by atoms with van der Waals surface area (Å²) in [5, 5.41) is 40.7. The monoisotopic (exact) mass is 653 g/mol. The highest BCUT2D eigenvalue weighted by atomic mass is 32.2.